The van der Waals surface area contributed by atoms with Crippen molar-refractivity contribution in [3.8, 4) is 11.4 Å². The van der Waals surface area contributed by atoms with Crippen molar-refractivity contribution >= 4 is 28.5 Å². The average molecular weight is 508 g/mol. The molecular formula is C28H30ClN3O4. The predicted molar refractivity (Wildman–Crippen MR) is 138 cm³/mol. The summed E-state index contributed by atoms with van der Waals surface area (Å²) >= 11 is 6.51. The molecule has 2 aromatic heterocycles. The van der Waals surface area contributed by atoms with E-state index in [1.807, 2.05) is 26.0 Å². The zero-order valence-electron chi connectivity index (χ0n) is 20.7. The molecule has 0 amide bonds. The number of cyclic esters (lactones) is 1. The molecule has 0 bridgehead atoms. The SMILES string of the molecule is CCC1(O)CC(=O)OCc2c1cc1n(c2=O)Cc2c-1nc1cc(Cl)c(C)cc1c2CN1CCCCC1. The van der Waals surface area contributed by atoms with E-state index in [-0.39, 0.29) is 18.6 Å². The molecule has 3 aliphatic rings. The van der Waals surface area contributed by atoms with Gasteiger partial charge in [0.1, 0.15) is 12.2 Å². The van der Waals surface area contributed by atoms with Crippen LogP contribution >= 0.6 is 11.6 Å². The number of pyridine rings is 2. The minimum atomic E-state index is -1.45. The van der Waals surface area contributed by atoms with E-state index < -0.39 is 11.6 Å². The molecule has 5 heterocycles. The molecule has 0 radical (unpaired) electrons. The van der Waals surface area contributed by atoms with Gasteiger partial charge in [0.2, 0.25) is 0 Å². The number of aromatic nitrogens is 2. The first kappa shape index (κ1) is 23.6. The van der Waals surface area contributed by atoms with Crippen LogP contribution in [0.25, 0.3) is 22.3 Å². The van der Waals surface area contributed by atoms with Gasteiger partial charge in [-0.1, -0.05) is 24.9 Å². The molecule has 1 aromatic carbocycles. The highest BCUT2D eigenvalue weighted by atomic mass is 35.5. The summed E-state index contributed by atoms with van der Waals surface area (Å²) in [7, 11) is 0. The molecule has 6 rings (SSSR count). The number of aliphatic hydroxyl groups is 1. The summed E-state index contributed by atoms with van der Waals surface area (Å²) in [6.07, 6.45) is 3.77. The van der Waals surface area contributed by atoms with E-state index in [0.29, 0.717) is 34.8 Å². The first-order chi connectivity index (χ1) is 17.3. The number of ether oxygens (including phenoxy) is 1. The number of hydrogen-bond donors (Lipinski definition) is 1. The number of halogens is 1. The Balaban J connectivity index is 1.59. The molecule has 0 saturated carbocycles. The molecule has 3 aliphatic heterocycles. The van der Waals surface area contributed by atoms with Crippen molar-refractivity contribution in [3.63, 3.8) is 0 Å². The maximum atomic E-state index is 13.7. The van der Waals surface area contributed by atoms with Crippen LogP contribution in [-0.4, -0.2) is 38.6 Å². The number of nitrogens with zero attached hydrogens (tertiary/aromatic N) is 3. The smallest absolute Gasteiger partial charge is 0.309 e. The second-order valence-electron chi connectivity index (χ2n) is 10.4. The lowest BCUT2D eigenvalue weighted by Gasteiger charge is -2.28. The van der Waals surface area contributed by atoms with E-state index in [2.05, 4.69) is 11.0 Å². The topological polar surface area (TPSA) is 84.7 Å². The van der Waals surface area contributed by atoms with Crippen LogP contribution in [0.3, 0.4) is 0 Å². The van der Waals surface area contributed by atoms with E-state index in [0.717, 1.165) is 47.4 Å². The number of piperidine rings is 1. The predicted octanol–water partition coefficient (Wildman–Crippen LogP) is 4.42. The zero-order chi connectivity index (χ0) is 25.2. The van der Waals surface area contributed by atoms with Gasteiger partial charge < -0.3 is 14.4 Å². The van der Waals surface area contributed by atoms with Gasteiger partial charge in [-0.05, 0) is 74.2 Å². The van der Waals surface area contributed by atoms with Crippen molar-refractivity contribution in [1.82, 2.24) is 14.5 Å². The molecule has 1 unspecified atom stereocenters. The van der Waals surface area contributed by atoms with E-state index in [1.165, 1.54) is 24.8 Å². The summed E-state index contributed by atoms with van der Waals surface area (Å²) in [5, 5.41) is 13.1. The fourth-order valence-electron chi connectivity index (χ4n) is 6.01. The fraction of sp³-hybridized carbons (Fsp3) is 0.464. The molecular weight excluding hydrogens is 478 g/mol. The number of fused-ring (bicyclic) bond motifs is 5. The third-order valence-electron chi connectivity index (χ3n) is 8.17. The van der Waals surface area contributed by atoms with Crippen LogP contribution in [0.1, 0.15) is 66.8 Å². The Morgan fingerprint density at radius 1 is 1.14 bits per heavy atom. The number of carbonyl (C=O) groups is 1. The fourth-order valence-corrected chi connectivity index (χ4v) is 6.17. The number of hydrogen-bond acceptors (Lipinski definition) is 6. The molecule has 3 aromatic rings. The van der Waals surface area contributed by atoms with Gasteiger partial charge in [0.15, 0.2) is 0 Å². The summed E-state index contributed by atoms with van der Waals surface area (Å²) in [5.74, 6) is -0.501. The highest BCUT2D eigenvalue weighted by Crippen LogP contribution is 2.41. The number of aryl methyl sites for hydroxylation is 1. The zero-order valence-corrected chi connectivity index (χ0v) is 21.5. The normalized spacial score (nSPS) is 21.6. The van der Waals surface area contributed by atoms with Gasteiger partial charge in [-0.25, -0.2) is 4.98 Å². The summed E-state index contributed by atoms with van der Waals surface area (Å²) in [4.78, 5) is 33.4. The maximum Gasteiger partial charge on any atom is 0.309 e. The van der Waals surface area contributed by atoms with Gasteiger partial charge in [0.25, 0.3) is 5.56 Å². The Morgan fingerprint density at radius 3 is 2.67 bits per heavy atom. The molecule has 1 N–H and O–H groups in total. The molecule has 0 aliphatic carbocycles. The Labute approximate surface area is 214 Å². The van der Waals surface area contributed by atoms with Crippen molar-refractivity contribution in [3.05, 3.63) is 61.4 Å². The van der Waals surface area contributed by atoms with Crippen LogP contribution < -0.4 is 5.56 Å². The Bertz CT molecular complexity index is 1470. The molecule has 7 nitrogen and oxygen atoms in total. The van der Waals surface area contributed by atoms with Gasteiger partial charge in [0, 0.05) is 22.5 Å². The van der Waals surface area contributed by atoms with Crippen molar-refractivity contribution in [2.24, 2.45) is 0 Å². The Kier molecular flexibility index (Phi) is 5.70. The third-order valence-corrected chi connectivity index (χ3v) is 8.58. The Morgan fingerprint density at radius 2 is 1.92 bits per heavy atom. The average Bonchev–Trinajstić information content (AvgIpc) is 3.17. The number of carbonyl (C=O) groups excluding carboxylic acids is 1. The van der Waals surface area contributed by atoms with Gasteiger partial charge in [0.05, 0.1) is 35.4 Å². The van der Waals surface area contributed by atoms with E-state index in [1.54, 1.807) is 4.57 Å². The molecule has 1 atom stereocenters. The number of benzene rings is 1. The minimum Gasteiger partial charge on any atom is -0.460 e. The number of esters is 1. The van der Waals surface area contributed by atoms with Gasteiger partial charge in [-0.3, -0.25) is 14.5 Å². The second-order valence-corrected chi connectivity index (χ2v) is 10.8. The third kappa shape index (κ3) is 3.67. The first-order valence-corrected chi connectivity index (χ1v) is 13.2. The first-order valence-electron chi connectivity index (χ1n) is 12.8. The van der Waals surface area contributed by atoms with Crippen LogP contribution in [0.4, 0.5) is 0 Å². The highest BCUT2D eigenvalue weighted by Gasteiger charge is 2.40. The lowest BCUT2D eigenvalue weighted by atomic mass is 9.85. The second kappa shape index (κ2) is 8.68. The van der Waals surface area contributed by atoms with Gasteiger partial charge >= 0.3 is 5.97 Å². The van der Waals surface area contributed by atoms with Crippen LogP contribution in [-0.2, 0) is 34.8 Å². The summed E-state index contributed by atoms with van der Waals surface area (Å²) in [6, 6.07) is 5.87. The molecule has 0 spiro atoms. The number of likely N-dealkylation sites (tertiary alicyclic amines) is 1. The van der Waals surface area contributed by atoms with Crippen LogP contribution in [0.5, 0.6) is 0 Å². The van der Waals surface area contributed by atoms with E-state index in [9.17, 15) is 14.7 Å². The standard InChI is InChI=1S/C28H30ClN3O4/c1-3-28(35)12-25(33)36-15-20-21(28)10-24-26-19(14-32(24)27(20)34)18(13-31-7-5-4-6-8-31)17-9-16(2)22(29)11-23(17)30-26/h9-11,35H,3-8,12-15H2,1-2H3. The monoisotopic (exact) mass is 507 g/mol. The number of rotatable bonds is 3. The minimum absolute atomic E-state index is 0.128. The molecule has 188 valence electrons. The quantitative estimate of drug-likeness (QED) is 0.413. The van der Waals surface area contributed by atoms with Gasteiger partial charge in [-0.15, -0.1) is 0 Å². The van der Waals surface area contributed by atoms with E-state index in [4.69, 9.17) is 21.3 Å². The van der Waals surface area contributed by atoms with Crippen molar-refractivity contribution < 1.29 is 14.6 Å². The summed E-state index contributed by atoms with van der Waals surface area (Å²) < 4.78 is 7.03. The molecule has 36 heavy (non-hydrogen) atoms. The summed E-state index contributed by atoms with van der Waals surface area (Å²) in [6.45, 7) is 7.00. The van der Waals surface area contributed by atoms with Crippen LogP contribution in [0, 0.1) is 6.92 Å². The van der Waals surface area contributed by atoms with Crippen molar-refractivity contribution in [1.29, 1.82) is 0 Å². The lowest BCUT2D eigenvalue weighted by molar-refractivity contribution is -0.149. The van der Waals surface area contributed by atoms with Crippen molar-refractivity contribution in [2.75, 3.05) is 13.1 Å². The molecule has 1 saturated heterocycles. The molecule has 1 fully saturated rings. The molecule has 8 heteroatoms. The van der Waals surface area contributed by atoms with Crippen molar-refractivity contribution in [2.45, 2.75) is 71.2 Å². The van der Waals surface area contributed by atoms with E-state index >= 15 is 0 Å². The largest absolute Gasteiger partial charge is 0.460 e. The summed E-state index contributed by atoms with van der Waals surface area (Å²) in [5.41, 5.74) is 4.60. The highest BCUT2D eigenvalue weighted by molar-refractivity contribution is 6.32. The maximum absolute atomic E-state index is 13.7. The lowest BCUT2D eigenvalue weighted by Crippen LogP contribution is -2.32. The Hall–Kier alpha value is -2.74. The van der Waals surface area contributed by atoms with Gasteiger partial charge in [-0.2, -0.15) is 0 Å². The van der Waals surface area contributed by atoms with Crippen LogP contribution in [0.2, 0.25) is 5.02 Å². The van der Waals surface area contributed by atoms with Crippen LogP contribution in [0.15, 0.2) is 23.0 Å².